The Hall–Kier alpha value is -2.56. The molecule has 0 aliphatic carbocycles. The third kappa shape index (κ3) is 2.81. The van der Waals surface area contributed by atoms with Gasteiger partial charge in [0.25, 0.3) is 0 Å². The molecule has 3 aromatic rings. The fraction of sp³-hybridized carbons (Fsp3) is 0.250. The molecule has 5 heteroatoms. The lowest BCUT2D eigenvalue weighted by Gasteiger charge is -2.01. The van der Waals surface area contributed by atoms with E-state index in [0.717, 1.165) is 17.5 Å². The summed E-state index contributed by atoms with van der Waals surface area (Å²) < 4.78 is 5.28. The molecule has 3 rings (SSSR count). The fourth-order valence-corrected chi connectivity index (χ4v) is 1.96. The van der Waals surface area contributed by atoms with E-state index in [9.17, 15) is 0 Å². The Morgan fingerprint density at radius 1 is 1.10 bits per heavy atom. The van der Waals surface area contributed by atoms with E-state index < -0.39 is 0 Å². The van der Waals surface area contributed by atoms with Crippen LogP contribution in [0.3, 0.4) is 0 Å². The van der Waals surface area contributed by atoms with Gasteiger partial charge >= 0.3 is 0 Å². The van der Waals surface area contributed by atoms with Gasteiger partial charge in [-0.3, -0.25) is 9.97 Å². The molecule has 1 unspecified atom stereocenters. The number of pyridine rings is 2. The summed E-state index contributed by atoms with van der Waals surface area (Å²) in [5, 5.41) is 4.00. The summed E-state index contributed by atoms with van der Waals surface area (Å²) in [6.07, 6.45) is 6.31. The summed E-state index contributed by atoms with van der Waals surface area (Å²) in [4.78, 5) is 12.8. The van der Waals surface area contributed by atoms with Crippen LogP contribution in [-0.4, -0.2) is 20.1 Å². The molecule has 0 saturated carbocycles. The largest absolute Gasteiger partial charge is 0.339 e. The van der Waals surface area contributed by atoms with Crippen LogP contribution in [0.25, 0.3) is 22.6 Å². The number of hydrogen-bond donors (Lipinski definition) is 0. The van der Waals surface area contributed by atoms with Gasteiger partial charge in [0.15, 0.2) is 0 Å². The molecule has 0 radical (unpaired) electrons. The first-order chi connectivity index (χ1) is 10.3. The lowest BCUT2D eigenvalue weighted by Crippen LogP contribution is -1.92. The first-order valence-electron chi connectivity index (χ1n) is 6.98. The molecule has 0 saturated heterocycles. The molecular formula is C16H16N4O. The van der Waals surface area contributed by atoms with Gasteiger partial charge in [-0.05, 0) is 30.2 Å². The molecule has 0 fully saturated rings. The second-order valence-electron chi connectivity index (χ2n) is 4.93. The van der Waals surface area contributed by atoms with Crippen molar-refractivity contribution in [2.45, 2.75) is 26.2 Å². The van der Waals surface area contributed by atoms with E-state index in [-0.39, 0.29) is 5.92 Å². The highest BCUT2D eigenvalue weighted by molar-refractivity contribution is 5.64. The third-order valence-corrected chi connectivity index (χ3v) is 3.48. The maximum absolute atomic E-state index is 5.28. The van der Waals surface area contributed by atoms with Crippen molar-refractivity contribution in [2.75, 3.05) is 0 Å². The van der Waals surface area contributed by atoms with Crippen molar-refractivity contribution in [2.24, 2.45) is 0 Å². The number of nitrogens with zero attached hydrogens (tertiary/aromatic N) is 4. The van der Waals surface area contributed by atoms with Crippen LogP contribution in [0.15, 0.2) is 47.4 Å². The fourth-order valence-electron chi connectivity index (χ4n) is 1.96. The molecule has 21 heavy (non-hydrogen) atoms. The minimum atomic E-state index is 0.266. The first kappa shape index (κ1) is 13.4. The number of aromatic nitrogens is 4. The summed E-state index contributed by atoms with van der Waals surface area (Å²) in [5.74, 6) is 1.46. The van der Waals surface area contributed by atoms with E-state index in [2.05, 4.69) is 34.0 Å². The maximum atomic E-state index is 5.28. The van der Waals surface area contributed by atoms with Crippen LogP contribution < -0.4 is 0 Å². The Morgan fingerprint density at radius 3 is 2.57 bits per heavy atom. The molecule has 106 valence electrons. The number of hydrogen-bond acceptors (Lipinski definition) is 5. The van der Waals surface area contributed by atoms with E-state index in [1.54, 1.807) is 12.4 Å². The average Bonchev–Trinajstić information content (AvgIpc) is 3.05. The summed E-state index contributed by atoms with van der Waals surface area (Å²) in [6, 6.07) is 7.80. The molecule has 0 N–H and O–H groups in total. The smallest absolute Gasteiger partial charge is 0.229 e. The normalized spacial score (nSPS) is 12.3. The van der Waals surface area contributed by atoms with E-state index in [1.165, 1.54) is 0 Å². The molecular weight excluding hydrogens is 264 g/mol. The highest BCUT2D eigenvalue weighted by Crippen LogP contribution is 2.22. The van der Waals surface area contributed by atoms with Gasteiger partial charge in [-0.2, -0.15) is 4.98 Å². The van der Waals surface area contributed by atoms with Crippen LogP contribution in [0.4, 0.5) is 0 Å². The maximum Gasteiger partial charge on any atom is 0.229 e. The Labute approximate surface area is 123 Å². The molecule has 0 aliphatic heterocycles. The van der Waals surface area contributed by atoms with Crippen molar-refractivity contribution in [3.63, 3.8) is 0 Å². The molecule has 0 aromatic carbocycles. The summed E-state index contributed by atoms with van der Waals surface area (Å²) in [6.45, 7) is 4.16. The Kier molecular flexibility index (Phi) is 3.73. The van der Waals surface area contributed by atoms with Gasteiger partial charge < -0.3 is 4.52 Å². The predicted octanol–water partition coefficient (Wildman–Crippen LogP) is 3.71. The van der Waals surface area contributed by atoms with Crippen LogP contribution >= 0.6 is 0 Å². The topological polar surface area (TPSA) is 64.7 Å². The average molecular weight is 280 g/mol. The lowest BCUT2D eigenvalue weighted by molar-refractivity contribution is 0.357. The van der Waals surface area contributed by atoms with E-state index in [4.69, 9.17) is 4.52 Å². The highest BCUT2D eigenvalue weighted by Gasteiger charge is 2.14. The quantitative estimate of drug-likeness (QED) is 0.729. The van der Waals surface area contributed by atoms with Crippen molar-refractivity contribution in [3.8, 4) is 22.6 Å². The van der Waals surface area contributed by atoms with Crippen LogP contribution in [-0.2, 0) is 0 Å². The second kappa shape index (κ2) is 5.83. The summed E-state index contributed by atoms with van der Waals surface area (Å²) in [5.41, 5.74) is 2.83. The second-order valence-corrected chi connectivity index (χ2v) is 4.93. The van der Waals surface area contributed by atoms with Gasteiger partial charge in [-0.15, -0.1) is 0 Å². The monoisotopic (exact) mass is 280 g/mol. The lowest BCUT2D eigenvalue weighted by atomic mass is 10.1. The first-order valence-corrected chi connectivity index (χ1v) is 6.98. The van der Waals surface area contributed by atoms with Gasteiger partial charge in [0.2, 0.25) is 11.7 Å². The van der Waals surface area contributed by atoms with E-state index in [1.807, 2.05) is 30.5 Å². The van der Waals surface area contributed by atoms with Crippen molar-refractivity contribution >= 4 is 0 Å². The van der Waals surface area contributed by atoms with Crippen molar-refractivity contribution in [1.29, 1.82) is 0 Å². The van der Waals surface area contributed by atoms with E-state index in [0.29, 0.717) is 17.4 Å². The van der Waals surface area contributed by atoms with Gasteiger partial charge in [0, 0.05) is 30.1 Å². The van der Waals surface area contributed by atoms with Crippen LogP contribution in [0.1, 0.15) is 32.1 Å². The SMILES string of the molecule is CCC(C)c1nc(-c2ccc(-c3ccncc3)cn2)no1. The molecule has 0 bridgehead atoms. The summed E-state index contributed by atoms with van der Waals surface area (Å²) >= 11 is 0. The molecule has 1 atom stereocenters. The molecule has 0 aliphatic rings. The van der Waals surface area contributed by atoms with Crippen LogP contribution in [0.2, 0.25) is 0 Å². The zero-order chi connectivity index (χ0) is 14.7. The summed E-state index contributed by atoms with van der Waals surface area (Å²) in [7, 11) is 0. The zero-order valence-corrected chi connectivity index (χ0v) is 12.0. The van der Waals surface area contributed by atoms with Gasteiger partial charge in [-0.1, -0.05) is 25.1 Å². The van der Waals surface area contributed by atoms with Crippen LogP contribution in [0, 0.1) is 0 Å². The number of rotatable bonds is 4. The van der Waals surface area contributed by atoms with Crippen molar-refractivity contribution in [1.82, 2.24) is 20.1 Å². The molecule has 0 amide bonds. The van der Waals surface area contributed by atoms with E-state index >= 15 is 0 Å². The molecule has 5 nitrogen and oxygen atoms in total. The minimum absolute atomic E-state index is 0.266. The zero-order valence-electron chi connectivity index (χ0n) is 12.0. The van der Waals surface area contributed by atoms with Gasteiger partial charge in [0.1, 0.15) is 5.69 Å². The van der Waals surface area contributed by atoms with Crippen LogP contribution in [0.5, 0.6) is 0 Å². The molecule has 3 aromatic heterocycles. The third-order valence-electron chi connectivity index (χ3n) is 3.48. The Bertz CT molecular complexity index is 707. The van der Waals surface area contributed by atoms with Gasteiger partial charge in [-0.25, -0.2) is 0 Å². The van der Waals surface area contributed by atoms with Crippen molar-refractivity contribution < 1.29 is 4.52 Å². The minimum Gasteiger partial charge on any atom is -0.339 e. The Balaban J connectivity index is 1.86. The highest BCUT2D eigenvalue weighted by atomic mass is 16.5. The van der Waals surface area contributed by atoms with Crippen molar-refractivity contribution in [3.05, 3.63) is 48.7 Å². The predicted molar refractivity (Wildman–Crippen MR) is 79.5 cm³/mol. The standard InChI is InChI=1S/C16H16N4O/c1-3-11(2)16-19-15(20-21-16)14-5-4-13(10-18-14)12-6-8-17-9-7-12/h4-11H,3H2,1-2H3. The van der Waals surface area contributed by atoms with Gasteiger partial charge in [0.05, 0.1) is 0 Å². The molecule has 0 spiro atoms. The molecule has 3 heterocycles. The Morgan fingerprint density at radius 2 is 1.90 bits per heavy atom.